The van der Waals surface area contributed by atoms with Crippen LogP contribution in [0.2, 0.25) is 0 Å². The number of nitrogens with two attached hydrogens (primary N) is 1. The second kappa shape index (κ2) is 9.33. The van der Waals surface area contributed by atoms with Crippen molar-refractivity contribution in [2.45, 2.75) is 20.4 Å². The summed E-state index contributed by atoms with van der Waals surface area (Å²) < 4.78 is 2.00. The predicted molar refractivity (Wildman–Crippen MR) is 93.8 cm³/mol. The molecule has 0 aliphatic rings. The molecule has 1 unspecified atom stereocenters. The molecule has 2 rings (SSSR count). The lowest BCUT2D eigenvalue weighted by atomic mass is 10.1. The summed E-state index contributed by atoms with van der Waals surface area (Å²) in [7, 11) is 0. The third-order valence-electron chi connectivity index (χ3n) is 3.20. The monoisotopic (exact) mass is 344 g/mol. The highest BCUT2D eigenvalue weighted by molar-refractivity contribution is 5.96. The fourth-order valence-electron chi connectivity index (χ4n) is 2.07. The Morgan fingerprint density at radius 3 is 2.77 bits per heavy atom. The number of amides is 1. The van der Waals surface area contributed by atoms with E-state index in [1.165, 1.54) is 0 Å². The summed E-state index contributed by atoms with van der Waals surface area (Å²) in [6, 6.07) is 5.37. The number of nitrogen functional groups attached to an aromatic ring is 1. The minimum absolute atomic E-state index is 0. The van der Waals surface area contributed by atoms with Gasteiger partial charge < -0.3 is 15.6 Å². The molecule has 0 aliphatic carbocycles. The lowest BCUT2D eigenvalue weighted by molar-refractivity contribution is 0.0946. The van der Waals surface area contributed by atoms with E-state index in [1.54, 1.807) is 24.7 Å². The third-order valence-corrected chi connectivity index (χ3v) is 3.20. The number of anilines is 1. The highest BCUT2D eigenvalue weighted by atomic mass is 35.5. The summed E-state index contributed by atoms with van der Waals surface area (Å²) in [6.45, 7) is 5.44. The smallest absolute Gasteiger partial charge is 0.251 e. The number of hydrogen-bond donors (Lipinski definition) is 2. The van der Waals surface area contributed by atoms with Crippen LogP contribution in [-0.4, -0.2) is 22.0 Å². The van der Waals surface area contributed by atoms with Crippen molar-refractivity contribution in [3.8, 4) is 0 Å². The fourth-order valence-corrected chi connectivity index (χ4v) is 2.07. The maximum atomic E-state index is 12.1. The van der Waals surface area contributed by atoms with Crippen LogP contribution in [0.15, 0.2) is 36.9 Å². The summed E-state index contributed by atoms with van der Waals surface area (Å²) in [5.41, 5.74) is 7.89. The number of aryl methyl sites for hydroxylation is 1. The Labute approximate surface area is 143 Å². The van der Waals surface area contributed by atoms with Crippen LogP contribution in [0.1, 0.15) is 22.8 Å². The molecule has 22 heavy (non-hydrogen) atoms. The van der Waals surface area contributed by atoms with E-state index in [9.17, 15) is 4.79 Å². The largest absolute Gasteiger partial charge is 0.399 e. The molecule has 3 N–H and O–H groups in total. The quantitative estimate of drug-likeness (QED) is 0.819. The van der Waals surface area contributed by atoms with Crippen LogP contribution in [0.3, 0.4) is 0 Å². The second-order valence-corrected chi connectivity index (χ2v) is 5.15. The number of nitrogens with zero attached hydrogens (tertiary/aromatic N) is 2. The Bertz CT molecular complexity index is 587. The first-order valence-electron chi connectivity index (χ1n) is 6.66. The third kappa shape index (κ3) is 5.58. The number of halogens is 2. The van der Waals surface area contributed by atoms with Gasteiger partial charge in [0.1, 0.15) is 0 Å². The first-order chi connectivity index (χ1) is 9.56. The summed E-state index contributed by atoms with van der Waals surface area (Å²) in [4.78, 5) is 16.1. The molecule has 5 nitrogen and oxygen atoms in total. The zero-order valence-corrected chi connectivity index (χ0v) is 14.3. The van der Waals surface area contributed by atoms with Crippen LogP contribution in [0.5, 0.6) is 0 Å². The highest BCUT2D eigenvalue weighted by Gasteiger charge is 2.11. The second-order valence-electron chi connectivity index (χ2n) is 5.15. The first-order valence-corrected chi connectivity index (χ1v) is 6.66. The van der Waals surface area contributed by atoms with E-state index in [0.29, 0.717) is 23.7 Å². The van der Waals surface area contributed by atoms with Crippen LogP contribution < -0.4 is 11.1 Å². The van der Waals surface area contributed by atoms with Gasteiger partial charge in [-0.1, -0.05) is 13.0 Å². The number of carbonyl (C=O) groups excluding carboxylic acids is 1. The van der Waals surface area contributed by atoms with Gasteiger partial charge in [0.25, 0.3) is 5.91 Å². The van der Waals surface area contributed by atoms with Crippen molar-refractivity contribution in [3.63, 3.8) is 0 Å². The van der Waals surface area contributed by atoms with Gasteiger partial charge in [-0.15, -0.1) is 24.8 Å². The van der Waals surface area contributed by atoms with Crippen LogP contribution in [-0.2, 0) is 6.54 Å². The van der Waals surface area contributed by atoms with Crippen molar-refractivity contribution in [3.05, 3.63) is 48.0 Å². The molecule has 0 spiro atoms. The minimum Gasteiger partial charge on any atom is -0.399 e. The van der Waals surface area contributed by atoms with E-state index < -0.39 is 0 Å². The Kier molecular flexibility index (Phi) is 8.60. The fraction of sp³-hybridized carbons (Fsp3) is 0.333. The number of rotatable bonds is 5. The molecule has 1 amide bonds. The van der Waals surface area contributed by atoms with Gasteiger partial charge in [-0.25, -0.2) is 4.98 Å². The molecular formula is C15H22Cl2N4O. The van der Waals surface area contributed by atoms with Gasteiger partial charge >= 0.3 is 0 Å². The van der Waals surface area contributed by atoms with Gasteiger partial charge in [0.05, 0.1) is 6.33 Å². The summed E-state index contributed by atoms with van der Waals surface area (Å²) in [5.74, 6) is 0.252. The van der Waals surface area contributed by atoms with Gasteiger partial charge in [0, 0.05) is 36.7 Å². The zero-order valence-electron chi connectivity index (χ0n) is 12.7. The van der Waals surface area contributed by atoms with E-state index in [-0.39, 0.29) is 30.7 Å². The van der Waals surface area contributed by atoms with Crippen molar-refractivity contribution >= 4 is 36.4 Å². The number of nitrogens with one attached hydrogen (secondary N) is 1. The van der Waals surface area contributed by atoms with Crippen LogP contribution in [0.25, 0.3) is 0 Å². The maximum Gasteiger partial charge on any atom is 0.251 e. The Morgan fingerprint density at radius 1 is 1.41 bits per heavy atom. The molecule has 0 bridgehead atoms. The molecule has 2 aromatic rings. The lowest BCUT2D eigenvalue weighted by Gasteiger charge is -2.14. The molecule has 0 fully saturated rings. The maximum absolute atomic E-state index is 12.1. The molecule has 0 saturated heterocycles. The van der Waals surface area contributed by atoms with Gasteiger partial charge in [-0.2, -0.15) is 0 Å². The normalized spacial score (nSPS) is 11.0. The van der Waals surface area contributed by atoms with Gasteiger partial charge in [0.2, 0.25) is 0 Å². The lowest BCUT2D eigenvalue weighted by Crippen LogP contribution is -2.30. The molecule has 1 aromatic carbocycles. The van der Waals surface area contributed by atoms with Gasteiger partial charge in [0.15, 0.2) is 0 Å². The Hall–Kier alpha value is -1.72. The minimum atomic E-state index is -0.0766. The number of aromatic nitrogens is 2. The van der Waals surface area contributed by atoms with Crippen molar-refractivity contribution in [2.24, 2.45) is 5.92 Å². The molecule has 1 heterocycles. The molecule has 1 aromatic heterocycles. The number of carbonyl (C=O) groups is 1. The van der Waals surface area contributed by atoms with Crippen LogP contribution >= 0.6 is 24.8 Å². The standard InChI is InChI=1S/C15H20N4O.2ClH/c1-11(9-19-6-5-17-10-19)8-18-15(20)14-7-13(16)4-3-12(14)2;;/h3-7,10-11H,8-9,16H2,1-2H3,(H,18,20);2*1H. The summed E-state index contributed by atoms with van der Waals surface area (Å²) >= 11 is 0. The summed E-state index contributed by atoms with van der Waals surface area (Å²) in [5, 5.41) is 2.95. The predicted octanol–water partition coefficient (Wildman–Crippen LogP) is 2.68. The van der Waals surface area contributed by atoms with Crippen molar-refractivity contribution in [2.75, 3.05) is 12.3 Å². The molecule has 0 radical (unpaired) electrons. The molecular weight excluding hydrogens is 323 g/mol. The molecule has 0 saturated carbocycles. The van der Waals surface area contributed by atoms with Crippen LogP contribution in [0.4, 0.5) is 5.69 Å². The zero-order chi connectivity index (χ0) is 14.5. The van der Waals surface area contributed by atoms with E-state index >= 15 is 0 Å². The van der Waals surface area contributed by atoms with Gasteiger partial charge in [-0.05, 0) is 30.5 Å². The Morgan fingerprint density at radius 2 is 2.14 bits per heavy atom. The average molecular weight is 345 g/mol. The Balaban J connectivity index is 0.00000220. The van der Waals surface area contributed by atoms with Gasteiger partial charge in [-0.3, -0.25) is 4.79 Å². The molecule has 1 atom stereocenters. The average Bonchev–Trinajstić information content (AvgIpc) is 2.91. The van der Waals surface area contributed by atoms with E-state index in [2.05, 4.69) is 17.2 Å². The van der Waals surface area contributed by atoms with E-state index in [0.717, 1.165) is 12.1 Å². The number of benzene rings is 1. The van der Waals surface area contributed by atoms with Crippen molar-refractivity contribution in [1.82, 2.24) is 14.9 Å². The summed E-state index contributed by atoms with van der Waals surface area (Å²) in [6.07, 6.45) is 5.45. The number of hydrogen-bond acceptors (Lipinski definition) is 3. The SMILES string of the molecule is Cc1ccc(N)cc1C(=O)NCC(C)Cn1ccnc1.Cl.Cl. The van der Waals surface area contributed by atoms with E-state index in [4.69, 9.17) is 5.73 Å². The molecule has 122 valence electrons. The van der Waals surface area contributed by atoms with Crippen molar-refractivity contribution < 1.29 is 4.79 Å². The molecule has 7 heteroatoms. The first kappa shape index (κ1) is 20.3. The topological polar surface area (TPSA) is 72.9 Å². The van der Waals surface area contributed by atoms with Crippen LogP contribution in [0, 0.1) is 12.8 Å². The van der Waals surface area contributed by atoms with E-state index in [1.807, 2.05) is 23.8 Å². The highest BCUT2D eigenvalue weighted by Crippen LogP contribution is 2.12. The van der Waals surface area contributed by atoms with Crippen molar-refractivity contribution in [1.29, 1.82) is 0 Å². The number of imidazole rings is 1. The molecule has 0 aliphatic heterocycles.